The van der Waals surface area contributed by atoms with Gasteiger partial charge in [0.2, 0.25) is 0 Å². The topological polar surface area (TPSA) is 38.3 Å². The quantitative estimate of drug-likeness (QED) is 0.728. The van der Waals surface area contributed by atoms with Crippen molar-refractivity contribution in [1.29, 1.82) is 0 Å². The molecule has 2 aromatic carbocycles. The number of hydrogen-bond donors (Lipinski definition) is 1. The van der Waals surface area contributed by atoms with E-state index in [1.165, 1.54) is 0 Å². The highest BCUT2D eigenvalue weighted by Crippen LogP contribution is 2.26. The number of rotatable bonds is 6. The maximum absolute atomic E-state index is 12.7. The van der Waals surface area contributed by atoms with Gasteiger partial charge in [-0.2, -0.15) is 13.2 Å². The van der Waals surface area contributed by atoms with Gasteiger partial charge in [-0.05, 0) is 24.1 Å². The zero-order chi connectivity index (χ0) is 19.5. The molecule has 142 valence electrons. The van der Waals surface area contributed by atoms with Crippen molar-refractivity contribution in [2.45, 2.75) is 25.6 Å². The smallest absolute Gasteiger partial charge is 0.407 e. The van der Waals surface area contributed by atoms with Gasteiger partial charge < -0.3 is 10.1 Å². The first-order valence-corrected chi connectivity index (χ1v) is 8.50. The van der Waals surface area contributed by atoms with Crippen LogP contribution in [0.4, 0.5) is 18.0 Å². The van der Waals surface area contributed by atoms with Gasteiger partial charge >= 0.3 is 12.3 Å². The third-order valence-corrected chi connectivity index (χ3v) is 3.65. The van der Waals surface area contributed by atoms with E-state index in [9.17, 15) is 18.0 Å². The van der Waals surface area contributed by atoms with Crippen molar-refractivity contribution in [3.8, 4) is 11.8 Å². The molecule has 2 aromatic rings. The van der Waals surface area contributed by atoms with E-state index in [0.717, 1.165) is 5.56 Å². The van der Waals surface area contributed by atoms with E-state index >= 15 is 0 Å². The number of benzene rings is 2. The Labute approximate surface area is 156 Å². The van der Waals surface area contributed by atoms with Gasteiger partial charge in [-0.3, -0.25) is 0 Å². The summed E-state index contributed by atoms with van der Waals surface area (Å²) in [5.74, 6) is 4.52. The number of halogens is 3. The second-order valence-corrected chi connectivity index (χ2v) is 5.93. The van der Waals surface area contributed by atoms with Gasteiger partial charge in [0.1, 0.15) is 6.61 Å². The predicted molar refractivity (Wildman–Crippen MR) is 96.7 cm³/mol. The monoisotopic (exact) mass is 375 g/mol. The van der Waals surface area contributed by atoms with E-state index in [1.54, 1.807) is 24.3 Å². The maximum atomic E-state index is 12.7. The molecule has 1 N–H and O–H groups in total. The van der Waals surface area contributed by atoms with Crippen LogP contribution in [0, 0.1) is 17.8 Å². The average molecular weight is 375 g/mol. The molecule has 6 heteroatoms. The Kier molecular flexibility index (Phi) is 7.75. The molecule has 2 rings (SSSR count). The highest BCUT2D eigenvalue weighted by molar-refractivity contribution is 5.67. The summed E-state index contributed by atoms with van der Waals surface area (Å²) in [6, 6.07) is 17.9. The zero-order valence-corrected chi connectivity index (χ0v) is 14.6. The van der Waals surface area contributed by atoms with Crippen molar-refractivity contribution in [3.63, 3.8) is 0 Å². The summed E-state index contributed by atoms with van der Waals surface area (Å²) in [4.78, 5) is 11.7. The third kappa shape index (κ3) is 8.82. The van der Waals surface area contributed by atoms with Crippen LogP contribution in [-0.4, -0.2) is 18.8 Å². The fourth-order valence-corrected chi connectivity index (χ4v) is 2.33. The number of nitrogens with one attached hydrogen (secondary N) is 1. The molecule has 0 heterocycles. The van der Waals surface area contributed by atoms with Crippen LogP contribution >= 0.6 is 0 Å². The largest absolute Gasteiger partial charge is 0.445 e. The summed E-state index contributed by atoms with van der Waals surface area (Å²) in [5, 5.41) is 2.47. The van der Waals surface area contributed by atoms with E-state index in [-0.39, 0.29) is 19.6 Å². The summed E-state index contributed by atoms with van der Waals surface area (Å²) in [6.45, 7) is 0.157. The van der Waals surface area contributed by atoms with Crippen LogP contribution in [0.15, 0.2) is 60.7 Å². The highest BCUT2D eigenvalue weighted by Gasteiger charge is 2.31. The molecule has 0 saturated heterocycles. The van der Waals surface area contributed by atoms with Crippen molar-refractivity contribution in [3.05, 3.63) is 71.8 Å². The van der Waals surface area contributed by atoms with Crippen LogP contribution in [0.1, 0.15) is 24.0 Å². The number of alkyl halides is 3. The molecular weight excluding hydrogens is 355 g/mol. The second kappa shape index (κ2) is 10.3. The van der Waals surface area contributed by atoms with E-state index < -0.39 is 24.6 Å². The van der Waals surface area contributed by atoms with Gasteiger partial charge in [-0.15, -0.1) is 0 Å². The van der Waals surface area contributed by atoms with E-state index in [2.05, 4.69) is 17.2 Å². The Morgan fingerprint density at radius 2 is 1.67 bits per heavy atom. The van der Waals surface area contributed by atoms with Crippen LogP contribution in [0.25, 0.3) is 0 Å². The van der Waals surface area contributed by atoms with Gasteiger partial charge in [-0.1, -0.05) is 60.4 Å². The molecule has 0 saturated carbocycles. The lowest BCUT2D eigenvalue weighted by atomic mass is 10.0. The summed E-state index contributed by atoms with van der Waals surface area (Å²) in [5.41, 5.74) is 1.48. The molecule has 0 radical (unpaired) electrons. The predicted octanol–water partition coefficient (Wildman–Crippen LogP) is 4.92. The first kappa shape index (κ1) is 20.4. The molecule has 0 aromatic heterocycles. The van der Waals surface area contributed by atoms with Crippen molar-refractivity contribution >= 4 is 6.09 Å². The number of alkyl carbamates (subject to hydrolysis) is 1. The van der Waals surface area contributed by atoms with Gasteiger partial charge in [0.15, 0.2) is 0 Å². The molecule has 0 aliphatic heterocycles. The van der Waals surface area contributed by atoms with Crippen LogP contribution in [0.5, 0.6) is 0 Å². The first-order chi connectivity index (χ1) is 12.9. The van der Waals surface area contributed by atoms with Crippen LogP contribution in [0.3, 0.4) is 0 Å². The Bertz CT molecular complexity index is 765. The molecule has 1 amide bonds. The fourth-order valence-electron chi connectivity index (χ4n) is 2.33. The molecular formula is C21H20F3NO2. The second-order valence-electron chi connectivity index (χ2n) is 5.93. The van der Waals surface area contributed by atoms with Crippen molar-refractivity contribution in [1.82, 2.24) is 5.32 Å². The van der Waals surface area contributed by atoms with Crippen molar-refractivity contribution < 1.29 is 22.7 Å². The van der Waals surface area contributed by atoms with Crippen LogP contribution in [0.2, 0.25) is 0 Å². The van der Waals surface area contributed by atoms with E-state index in [1.807, 2.05) is 36.4 Å². The Hall–Kier alpha value is -2.94. The Balaban J connectivity index is 1.82. The molecule has 0 aliphatic rings. The molecule has 0 spiro atoms. The lowest BCUT2D eigenvalue weighted by molar-refractivity contribution is -0.140. The van der Waals surface area contributed by atoms with Gasteiger partial charge in [0.25, 0.3) is 0 Å². The van der Waals surface area contributed by atoms with Gasteiger partial charge in [0, 0.05) is 18.0 Å². The fraction of sp³-hybridized carbons (Fsp3) is 0.286. The molecule has 27 heavy (non-hydrogen) atoms. The summed E-state index contributed by atoms with van der Waals surface area (Å²) >= 11 is 0. The summed E-state index contributed by atoms with van der Waals surface area (Å²) in [7, 11) is 0. The SMILES string of the molecule is O=C(NCCC(C#Cc1ccccc1)CC(F)(F)F)OCc1ccccc1. The normalized spacial score (nSPS) is 11.8. The maximum Gasteiger partial charge on any atom is 0.407 e. The zero-order valence-electron chi connectivity index (χ0n) is 14.6. The number of carbonyl (C=O) groups is 1. The van der Waals surface area contributed by atoms with Crippen LogP contribution < -0.4 is 5.32 Å². The molecule has 0 bridgehead atoms. The molecule has 1 unspecified atom stereocenters. The van der Waals surface area contributed by atoms with Crippen LogP contribution in [-0.2, 0) is 11.3 Å². The lowest BCUT2D eigenvalue weighted by Gasteiger charge is -2.14. The summed E-state index contributed by atoms with van der Waals surface area (Å²) in [6.07, 6.45) is -5.92. The van der Waals surface area contributed by atoms with E-state index in [4.69, 9.17) is 4.74 Å². The minimum absolute atomic E-state index is 0.0534. The first-order valence-electron chi connectivity index (χ1n) is 8.50. The molecule has 3 nitrogen and oxygen atoms in total. The molecule has 0 fully saturated rings. The standard InChI is InChI=1S/C21H20F3NO2/c22-21(23,24)15-18(12-11-17-7-3-1-4-8-17)13-14-25-20(26)27-16-19-9-5-2-6-10-19/h1-10,18H,13-16H2,(H,25,26). The third-order valence-electron chi connectivity index (χ3n) is 3.65. The molecule has 0 aliphatic carbocycles. The number of amides is 1. The minimum atomic E-state index is -4.32. The summed E-state index contributed by atoms with van der Waals surface area (Å²) < 4.78 is 43.3. The number of ether oxygens (including phenoxy) is 1. The minimum Gasteiger partial charge on any atom is -0.445 e. The van der Waals surface area contributed by atoms with Crippen molar-refractivity contribution in [2.75, 3.05) is 6.54 Å². The lowest BCUT2D eigenvalue weighted by Crippen LogP contribution is -2.27. The molecule has 1 atom stereocenters. The Morgan fingerprint density at radius 1 is 1.04 bits per heavy atom. The highest BCUT2D eigenvalue weighted by atomic mass is 19.4. The average Bonchev–Trinajstić information content (AvgIpc) is 2.65. The Morgan fingerprint density at radius 3 is 2.30 bits per heavy atom. The number of hydrogen-bond acceptors (Lipinski definition) is 2. The van der Waals surface area contributed by atoms with Crippen molar-refractivity contribution in [2.24, 2.45) is 5.92 Å². The van der Waals surface area contributed by atoms with Gasteiger partial charge in [-0.25, -0.2) is 4.79 Å². The number of carbonyl (C=O) groups excluding carboxylic acids is 1. The van der Waals surface area contributed by atoms with E-state index in [0.29, 0.717) is 5.56 Å². The van der Waals surface area contributed by atoms with Gasteiger partial charge in [0.05, 0.1) is 6.42 Å².